The number of furan rings is 1. The molecule has 0 aliphatic carbocycles. The van der Waals surface area contributed by atoms with E-state index >= 15 is 0 Å². The zero-order valence-electron chi connectivity index (χ0n) is 24.8. The molecule has 0 spiro atoms. The molecular formula is C38H33Br2NO. The van der Waals surface area contributed by atoms with Crippen LogP contribution in [0.15, 0.2) is 104 Å². The minimum absolute atomic E-state index is 0.0459. The second-order valence-electron chi connectivity index (χ2n) is 13.4. The van der Waals surface area contributed by atoms with E-state index in [4.69, 9.17) is 4.42 Å². The van der Waals surface area contributed by atoms with E-state index < -0.39 is 0 Å². The van der Waals surface area contributed by atoms with Gasteiger partial charge in [-0.1, -0.05) is 104 Å². The fourth-order valence-electron chi connectivity index (χ4n) is 6.08. The van der Waals surface area contributed by atoms with Crippen LogP contribution in [-0.4, -0.2) is 4.57 Å². The monoisotopic (exact) mass is 677 g/mol. The minimum Gasteiger partial charge on any atom is -0.454 e. The molecule has 5 aromatic carbocycles. The van der Waals surface area contributed by atoms with Crippen molar-refractivity contribution < 1.29 is 4.42 Å². The summed E-state index contributed by atoms with van der Waals surface area (Å²) in [5.74, 6) is 0. The third-order valence-electron chi connectivity index (χ3n) is 8.39. The van der Waals surface area contributed by atoms with Gasteiger partial charge in [0.05, 0.1) is 16.7 Å². The second-order valence-corrected chi connectivity index (χ2v) is 15.3. The highest BCUT2D eigenvalue weighted by atomic mass is 79.9. The predicted molar refractivity (Wildman–Crippen MR) is 186 cm³/mol. The quantitative estimate of drug-likeness (QED) is 0.178. The Kier molecular flexibility index (Phi) is 6.27. The summed E-state index contributed by atoms with van der Waals surface area (Å²) in [4.78, 5) is 0. The summed E-state index contributed by atoms with van der Waals surface area (Å²) >= 11 is 7.41. The van der Waals surface area contributed by atoms with E-state index in [1.54, 1.807) is 0 Å². The molecule has 0 atom stereocenters. The molecule has 2 heterocycles. The standard InChI is InChI=1S/C38H33Br2NO/c1-37(2,3)24-11-13-32-29(19-24)30-20-25(38(4,5)6)12-14-33(30)41(32)34-18-23(22-15-26(39)21-27(40)16-22)17-31-28-9-7-8-10-35(28)42-36(31)34/h7-21H,1-6H3. The van der Waals surface area contributed by atoms with Crippen molar-refractivity contribution in [2.75, 3.05) is 0 Å². The van der Waals surface area contributed by atoms with Gasteiger partial charge in [-0.15, -0.1) is 0 Å². The number of para-hydroxylation sites is 1. The molecule has 0 saturated heterocycles. The van der Waals surface area contributed by atoms with Gasteiger partial charge in [0.15, 0.2) is 5.58 Å². The number of fused-ring (bicyclic) bond motifs is 6. The van der Waals surface area contributed by atoms with Crippen molar-refractivity contribution >= 4 is 75.6 Å². The number of hydrogen-bond donors (Lipinski definition) is 0. The summed E-state index contributed by atoms with van der Waals surface area (Å²) in [6.07, 6.45) is 0. The van der Waals surface area contributed by atoms with Gasteiger partial charge < -0.3 is 8.98 Å². The molecule has 0 bridgehead atoms. The van der Waals surface area contributed by atoms with Crippen molar-refractivity contribution in [1.29, 1.82) is 0 Å². The summed E-state index contributed by atoms with van der Waals surface area (Å²) in [5.41, 5.74) is 10.2. The van der Waals surface area contributed by atoms with E-state index in [1.807, 2.05) is 6.07 Å². The fraction of sp³-hybridized carbons (Fsp3) is 0.211. The minimum atomic E-state index is 0.0459. The van der Waals surface area contributed by atoms with E-state index in [0.717, 1.165) is 47.7 Å². The van der Waals surface area contributed by atoms with Crippen LogP contribution in [0.1, 0.15) is 52.7 Å². The summed E-state index contributed by atoms with van der Waals surface area (Å²) in [6.45, 7) is 13.7. The zero-order valence-corrected chi connectivity index (χ0v) is 27.9. The van der Waals surface area contributed by atoms with Crippen LogP contribution in [0.25, 0.3) is 60.6 Å². The van der Waals surface area contributed by atoms with Crippen LogP contribution in [0.3, 0.4) is 0 Å². The van der Waals surface area contributed by atoms with Crippen LogP contribution in [0, 0.1) is 0 Å². The Labute approximate surface area is 263 Å². The molecule has 0 N–H and O–H groups in total. The summed E-state index contributed by atoms with van der Waals surface area (Å²) in [6, 6.07) is 33.3. The predicted octanol–water partition coefficient (Wildman–Crippen LogP) is 12.5. The zero-order chi connectivity index (χ0) is 29.6. The molecule has 4 heteroatoms. The molecule has 0 fully saturated rings. The molecular weight excluding hydrogens is 646 g/mol. The SMILES string of the molecule is CC(C)(C)c1ccc2c(c1)c1cc(C(C)(C)C)ccc1n2-c1cc(-c2cc(Br)cc(Br)c2)cc2c1oc1ccccc12. The molecule has 0 unspecified atom stereocenters. The van der Waals surface area contributed by atoms with Crippen LogP contribution >= 0.6 is 31.9 Å². The summed E-state index contributed by atoms with van der Waals surface area (Å²) in [7, 11) is 0. The molecule has 2 nitrogen and oxygen atoms in total. The summed E-state index contributed by atoms with van der Waals surface area (Å²) in [5, 5.41) is 4.77. The first-order chi connectivity index (χ1) is 19.9. The van der Waals surface area contributed by atoms with E-state index in [1.165, 1.54) is 32.9 Å². The number of hydrogen-bond acceptors (Lipinski definition) is 1. The largest absolute Gasteiger partial charge is 0.454 e. The average molecular weight is 679 g/mol. The van der Waals surface area contributed by atoms with Crippen LogP contribution in [-0.2, 0) is 10.8 Å². The maximum atomic E-state index is 6.66. The third-order valence-corrected chi connectivity index (χ3v) is 9.31. The van der Waals surface area contributed by atoms with E-state index in [0.29, 0.717) is 0 Å². The lowest BCUT2D eigenvalue weighted by molar-refractivity contribution is 0.590. The molecule has 0 aliphatic heterocycles. The van der Waals surface area contributed by atoms with Gasteiger partial charge >= 0.3 is 0 Å². The van der Waals surface area contributed by atoms with Crippen LogP contribution in [0.5, 0.6) is 0 Å². The number of aromatic nitrogens is 1. The van der Waals surface area contributed by atoms with E-state index in [-0.39, 0.29) is 10.8 Å². The normalized spacial score (nSPS) is 12.8. The van der Waals surface area contributed by atoms with Gasteiger partial charge in [-0.2, -0.15) is 0 Å². The molecule has 0 aliphatic rings. The lowest BCUT2D eigenvalue weighted by Gasteiger charge is -2.19. The number of nitrogens with zero attached hydrogens (tertiary/aromatic N) is 1. The Hall–Kier alpha value is -3.34. The van der Waals surface area contributed by atoms with Gasteiger partial charge in [0.25, 0.3) is 0 Å². The lowest BCUT2D eigenvalue weighted by Crippen LogP contribution is -2.10. The van der Waals surface area contributed by atoms with Gasteiger partial charge in [-0.05, 0) is 93.7 Å². The van der Waals surface area contributed by atoms with Crippen molar-refractivity contribution in [2.24, 2.45) is 0 Å². The van der Waals surface area contributed by atoms with Gasteiger partial charge in [-0.25, -0.2) is 0 Å². The first-order valence-corrected chi connectivity index (χ1v) is 16.0. The number of benzene rings is 5. The smallest absolute Gasteiger partial charge is 0.159 e. The second kappa shape index (κ2) is 9.59. The molecule has 0 radical (unpaired) electrons. The van der Waals surface area contributed by atoms with Gasteiger partial charge in [0.1, 0.15) is 5.58 Å². The maximum absolute atomic E-state index is 6.66. The number of rotatable bonds is 2. The Morgan fingerprint density at radius 3 is 1.67 bits per heavy atom. The summed E-state index contributed by atoms with van der Waals surface area (Å²) < 4.78 is 11.1. The van der Waals surface area contributed by atoms with Gasteiger partial charge in [0, 0.05) is 30.5 Å². The van der Waals surface area contributed by atoms with Crippen LogP contribution in [0.4, 0.5) is 0 Å². The van der Waals surface area contributed by atoms with E-state index in [2.05, 4.69) is 163 Å². The van der Waals surface area contributed by atoms with Crippen molar-refractivity contribution in [1.82, 2.24) is 4.57 Å². The first-order valence-electron chi connectivity index (χ1n) is 14.4. The molecule has 42 heavy (non-hydrogen) atoms. The molecule has 2 aromatic heterocycles. The highest BCUT2D eigenvalue weighted by Crippen LogP contribution is 2.43. The molecule has 7 rings (SSSR count). The van der Waals surface area contributed by atoms with Crippen molar-refractivity contribution in [2.45, 2.75) is 52.4 Å². The molecule has 7 aromatic rings. The van der Waals surface area contributed by atoms with Crippen molar-refractivity contribution in [3.05, 3.63) is 111 Å². The highest BCUT2D eigenvalue weighted by Gasteiger charge is 2.23. The maximum Gasteiger partial charge on any atom is 0.159 e. The Morgan fingerprint density at radius 2 is 1.10 bits per heavy atom. The van der Waals surface area contributed by atoms with Crippen molar-refractivity contribution in [3.63, 3.8) is 0 Å². The van der Waals surface area contributed by atoms with Gasteiger partial charge in [0.2, 0.25) is 0 Å². The third kappa shape index (κ3) is 4.51. The van der Waals surface area contributed by atoms with Crippen molar-refractivity contribution in [3.8, 4) is 16.8 Å². The van der Waals surface area contributed by atoms with Gasteiger partial charge in [-0.3, -0.25) is 0 Å². The first kappa shape index (κ1) is 27.5. The highest BCUT2D eigenvalue weighted by molar-refractivity contribution is 9.11. The Balaban J connectivity index is 1.64. The molecule has 0 amide bonds. The van der Waals surface area contributed by atoms with Crippen LogP contribution < -0.4 is 0 Å². The molecule has 210 valence electrons. The Morgan fingerprint density at radius 1 is 0.548 bits per heavy atom. The Bertz CT molecular complexity index is 2090. The lowest BCUT2D eigenvalue weighted by atomic mass is 9.85. The van der Waals surface area contributed by atoms with E-state index in [9.17, 15) is 0 Å². The van der Waals surface area contributed by atoms with Crippen LogP contribution in [0.2, 0.25) is 0 Å². The fourth-order valence-corrected chi connectivity index (χ4v) is 7.37. The number of halogens is 2. The topological polar surface area (TPSA) is 18.1 Å². The average Bonchev–Trinajstić information content (AvgIpc) is 3.46. The molecule has 0 saturated carbocycles.